The van der Waals surface area contributed by atoms with Crippen LogP contribution in [0.25, 0.3) is 0 Å². The van der Waals surface area contributed by atoms with Crippen molar-refractivity contribution >= 4 is 0 Å². The minimum absolute atomic E-state index is 0.105. The van der Waals surface area contributed by atoms with Crippen LogP contribution in [0.1, 0.15) is 32.6 Å². The molecule has 106 valence electrons. The van der Waals surface area contributed by atoms with E-state index in [4.69, 9.17) is 15.9 Å². The molecular formula is C15H22O4. The van der Waals surface area contributed by atoms with E-state index in [0.717, 1.165) is 6.42 Å². The maximum Gasteiger partial charge on any atom is 0.0874 e. The normalized spacial score (nSPS) is 42.8. The molecule has 0 radical (unpaired) electrons. The van der Waals surface area contributed by atoms with Gasteiger partial charge >= 0.3 is 0 Å². The van der Waals surface area contributed by atoms with Gasteiger partial charge in [-0.15, -0.1) is 6.42 Å². The lowest BCUT2D eigenvalue weighted by Gasteiger charge is -2.19. The first kappa shape index (κ1) is 14.5. The van der Waals surface area contributed by atoms with Crippen molar-refractivity contribution in [2.75, 3.05) is 0 Å². The quantitative estimate of drug-likeness (QED) is 0.746. The maximum atomic E-state index is 9.98. The smallest absolute Gasteiger partial charge is 0.0874 e. The molecule has 0 bridgehead atoms. The Morgan fingerprint density at radius 2 is 1.74 bits per heavy atom. The third-order valence-corrected chi connectivity index (χ3v) is 3.90. The number of hydrogen-bond donors (Lipinski definition) is 2. The summed E-state index contributed by atoms with van der Waals surface area (Å²) in [6.45, 7) is 1.99. The molecule has 0 spiro atoms. The highest BCUT2D eigenvalue weighted by Gasteiger charge is 2.43. The van der Waals surface area contributed by atoms with Gasteiger partial charge in [0.05, 0.1) is 36.6 Å². The zero-order chi connectivity index (χ0) is 13.8. The van der Waals surface area contributed by atoms with Gasteiger partial charge in [0.1, 0.15) is 0 Å². The van der Waals surface area contributed by atoms with Crippen molar-refractivity contribution in [1.29, 1.82) is 0 Å². The second-order valence-electron chi connectivity index (χ2n) is 5.25. The monoisotopic (exact) mass is 266 g/mol. The van der Waals surface area contributed by atoms with Crippen molar-refractivity contribution in [3.8, 4) is 12.3 Å². The summed E-state index contributed by atoms with van der Waals surface area (Å²) in [6, 6.07) is 0. The number of allylic oxidation sites excluding steroid dienone is 1. The molecule has 2 rings (SSSR count). The average Bonchev–Trinajstić information content (AvgIpc) is 2.93. The van der Waals surface area contributed by atoms with E-state index in [1.54, 1.807) is 6.08 Å². The second-order valence-corrected chi connectivity index (χ2v) is 5.25. The van der Waals surface area contributed by atoms with Crippen molar-refractivity contribution in [3.05, 3.63) is 12.2 Å². The van der Waals surface area contributed by atoms with Gasteiger partial charge in [-0.25, -0.2) is 0 Å². The van der Waals surface area contributed by atoms with Crippen LogP contribution in [0.4, 0.5) is 0 Å². The van der Waals surface area contributed by atoms with Crippen molar-refractivity contribution < 1.29 is 19.7 Å². The van der Waals surface area contributed by atoms with Gasteiger partial charge in [0.15, 0.2) is 0 Å². The molecule has 0 aromatic rings. The molecule has 0 amide bonds. The van der Waals surface area contributed by atoms with E-state index >= 15 is 0 Å². The van der Waals surface area contributed by atoms with Crippen LogP contribution in [-0.2, 0) is 9.47 Å². The van der Waals surface area contributed by atoms with Crippen LogP contribution in [0, 0.1) is 12.3 Å². The molecule has 0 unspecified atom stereocenters. The molecule has 4 heteroatoms. The third-order valence-electron chi connectivity index (χ3n) is 3.90. The predicted molar refractivity (Wildman–Crippen MR) is 71.5 cm³/mol. The van der Waals surface area contributed by atoms with Crippen molar-refractivity contribution in [3.63, 3.8) is 0 Å². The van der Waals surface area contributed by atoms with Crippen LogP contribution >= 0.6 is 0 Å². The topological polar surface area (TPSA) is 58.9 Å². The molecular weight excluding hydrogens is 244 g/mol. The summed E-state index contributed by atoms with van der Waals surface area (Å²) in [5.74, 6) is 2.42. The van der Waals surface area contributed by atoms with Crippen LogP contribution in [0.15, 0.2) is 12.2 Å². The zero-order valence-electron chi connectivity index (χ0n) is 11.2. The minimum Gasteiger partial charge on any atom is -0.390 e. The van der Waals surface area contributed by atoms with E-state index in [0.29, 0.717) is 19.3 Å². The van der Waals surface area contributed by atoms with E-state index in [2.05, 4.69) is 5.92 Å². The fraction of sp³-hybridized carbons (Fsp3) is 0.733. The minimum atomic E-state index is -0.492. The predicted octanol–water partition coefficient (Wildman–Crippen LogP) is 1.01. The molecule has 2 aliphatic heterocycles. The van der Waals surface area contributed by atoms with Crippen LogP contribution in [0.5, 0.6) is 0 Å². The van der Waals surface area contributed by atoms with E-state index in [1.807, 2.05) is 13.0 Å². The van der Waals surface area contributed by atoms with E-state index in [1.165, 1.54) is 0 Å². The molecule has 2 fully saturated rings. The fourth-order valence-electron chi connectivity index (χ4n) is 2.85. The lowest BCUT2D eigenvalue weighted by atomic mass is 10.0. The Hall–Kier alpha value is -0.860. The third kappa shape index (κ3) is 3.37. The highest BCUT2D eigenvalue weighted by Crippen LogP contribution is 2.33. The molecule has 2 heterocycles. The van der Waals surface area contributed by atoms with Gasteiger partial charge in [-0.3, -0.25) is 0 Å². The van der Waals surface area contributed by atoms with Crippen molar-refractivity contribution in [1.82, 2.24) is 0 Å². The molecule has 4 nitrogen and oxygen atoms in total. The number of terminal acetylenes is 1. The van der Waals surface area contributed by atoms with Crippen molar-refractivity contribution in [2.24, 2.45) is 0 Å². The average molecular weight is 266 g/mol. The van der Waals surface area contributed by atoms with Gasteiger partial charge in [0.2, 0.25) is 0 Å². The molecule has 0 aromatic heterocycles. The van der Waals surface area contributed by atoms with Crippen LogP contribution in [-0.4, -0.2) is 46.8 Å². The number of aliphatic hydroxyl groups is 2. The van der Waals surface area contributed by atoms with Crippen LogP contribution in [0.2, 0.25) is 0 Å². The van der Waals surface area contributed by atoms with Gasteiger partial charge in [0.25, 0.3) is 0 Å². The van der Waals surface area contributed by atoms with Gasteiger partial charge in [-0.05, 0) is 18.9 Å². The van der Waals surface area contributed by atoms with E-state index in [-0.39, 0.29) is 24.4 Å². The molecule has 0 aromatic carbocycles. The fourth-order valence-corrected chi connectivity index (χ4v) is 2.85. The molecule has 6 atom stereocenters. The summed E-state index contributed by atoms with van der Waals surface area (Å²) >= 11 is 0. The standard InChI is InChI=1S/C15H22O4/c1-3-5-6-7-13-11(17)9-15(19-13)14-8-10(16)12(4-2)18-14/h1,5-6,10-17H,4,7-9H2,2H3/b6-5-/t10-,11-,12-,13-,14-,15-/m0/s1. The zero-order valence-corrected chi connectivity index (χ0v) is 11.2. The molecule has 2 N–H and O–H groups in total. The SMILES string of the molecule is C#C/C=C\C[C@@H]1O[C@H]([C@@H]2C[C@H](O)[C@H](CC)O2)C[C@@H]1O. The number of aliphatic hydroxyl groups excluding tert-OH is 2. The Balaban J connectivity index is 1.87. The van der Waals surface area contributed by atoms with Gasteiger partial charge in [-0.1, -0.05) is 18.9 Å². The number of hydrogen-bond acceptors (Lipinski definition) is 4. The van der Waals surface area contributed by atoms with Gasteiger partial charge in [-0.2, -0.15) is 0 Å². The Morgan fingerprint density at radius 1 is 1.16 bits per heavy atom. The summed E-state index contributed by atoms with van der Waals surface area (Å²) in [5.41, 5.74) is 0. The van der Waals surface area contributed by atoms with Gasteiger partial charge in [0, 0.05) is 12.8 Å². The Bertz CT molecular complexity index is 360. The van der Waals surface area contributed by atoms with Gasteiger partial charge < -0.3 is 19.7 Å². The highest BCUT2D eigenvalue weighted by atomic mass is 16.6. The number of ether oxygens (including phenoxy) is 2. The first-order chi connectivity index (χ1) is 9.15. The molecule has 0 saturated carbocycles. The van der Waals surface area contributed by atoms with Crippen molar-refractivity contribution in [2.45, 2.75) is 69.2 Å². The van der Waals surface area contributed by atoms with Crippen LogP contribution in [0.3, 0.4) is 0 Å². The summed E-state index contributed by atoms with van der Waals surface area (Å²) in [7, 11) is 0. The summed E-state index contributed by atoms with van der Waals surface area (Å²) in [5, 5.41) is 19.8. The largest absolute Gasteiger partial charge is 0.390 e. The summed E-state index contributed by atoms with van der Waals surface area (Å²) in [6.07, 6.45) is 9.63. The molecule has 19 heavy (non-hydrogen) atoms. The lowest BCUT2D eigenvalue weighted by Crippen LogP contribution is -2.26. The maximum absolute atomic E-state index is 9.98. The second kappa shape index (κ2) is 6.53. The Kier molecular flexibility index (Phi) is 5.00. The number of rotatable bonds is 4. The lowest BCUT2D eigenvalue weighted by molar-refractivity contribution is -0.0732. The molecule has 2 aliphatic rings. The summed E-state index contributed by atoms with van der Waals surface area (Å²) < 4.78 is 11.6. The molecule has 0 aliphatic carbocycles. The summed E-state index contributed by atoms with van der Waals surface area (Å²) in [4.78, 5) is 0. The first-order valence-electron chi connectivity index (χ1n) is 6.93. The highest BCUT2D eigenvalue weighted by molar-refractivity contribution is 5.09. The van der Waals surface area contributed by atoms with E-state index < -0.39 is 12.2 Å². The Labute approximate surface area is 114 Å². The van der Waals surface area contributed by atoms with E-state index in [9.17, 15) is 10.2 Å². The van der Waals surface area contributed by atoms with Crippen LogP contribution < -0.4 is 0 Å². The Morgan fingerprint density at radius 3 is 2.26 bits per heavy atom. The molecule has 2 saturated heterocycles. The first-order valence-corrected chi connectivity index (χ1v) is 6.93.